The number of hydrogen-bond acceptors (Lipinski definition) is 4. The van der Waals surface area contributed by atoms with Crippen LogP contribution in [0.5, 0.6) is 0 Å². The molecule has 0 bridgehead atoms. The van der Waals surface area contributed by atoms with Crippen molar-refractivity contribution in [2.45, 2.75) is 24.4 Å². The fourth-order valence-electron chi connectivity index (χ4n) is 2.49. The van der Waals surface area contributed by atoms with E-state index in [2.05, 4.69) is 9.97 Å². The molecule has 0 saturated heterocycles. The molecule has 0 amide bonds. The number of aromatic nitrogens is 3. The molecule has 1 aliphatic rings. The molecule has 0 aliphatic heterocycles. The third kappa shape index (κ3) is 1.45. The van der Waals surface area contributed by atoms with Gasteiger partial charge in [0.15, 0.2) is 10.6 Å². The lowest BCUT2D eigenvalue weighted by Gasteiger charge is -2.08. The zero-order chi connectivity index (χ0) is 12.9. The van der Waals surface area contributed by atoms with Gasteiger partial charge in [-0.05, 0) is 25.5 Å². The SMILES string of the molecule is CSc1nc2[nH]c3c(c(=O)c2c(=O)n1C)CCC3. The van der Waals surface area contributed by atoms with Gasteiger partial charge >= 0.3 is 0 Å². The quantitative estimate of drug-likeness (QED) is 0.611. The van der Waals surface area contributed by atoms with Crippen LogP contribution >= 0.6 is 11.8 Å². The molecule has 0 fully saturated rings. The van der Waals surface area contributed by atoms with Crippen molar-refractivity contribution >= 4 is 22.8 Å². The molecule has 94 valence electrons. The summed E-state index contributed by atoms with van der Waals surface area (Å²) in [6, 6.07) is 0. The Balaban J connectivity index is 2.52. The Kier molecular flexibility index (Phi) is 2.55. The number of pyridine rings is 1. The van der Waals surface area contributed by atoms with Crippen LogP contribution in [0.4, 0.5) is 0 Å². The van der Waals surface area contributed by atoms with Gasteiger partial charge in [0.2, 0.25) is 0 Å². The molecule has 2 aromatic rings. The van der Waals surface area contributed by atoms with Gasteiger partial charge in [0.1, 0.15) is 11.0 Å². The number of nitrogens with one attached hydrogen (secondary N) is 1. The summed E-state index contributed by atoms with van der Waals surface area (Å²) < 4.78 is 1.43. The second-order valence-electron chi connectivity index (χ2n) is 4.45. The largest absolute Gasteiger partial charge is 0.343 e. The van der Waals surface area contributed by atoms with E-state index in [1.165, 1.54) is 16.3 Å². The molecule has 0 atom stereocenters. The number of hydrogen-bond donors (Lipinski definition) is 1. The van der Waals surface area contributed by atoms with Crippen molar-refractivity contribution in [3.05, 3.63) is 31.8 Å². The van der Waals surface area contributed by atoms with E-state index in [1.54, 1.807) is 7.05 Å². The number of aryl methyl sites for hydroxylation is 1. The van der Waals surface area contributed by atoms with E-state index in [-0.39, 0.29) is 16.4 Å². The first kappa shape index (κ1) is 11.5. The maximum Gasteiger partial charge on any atom is 0.267 e. The van der Waals surface area contributed by atoms with Crippen LogP contribution in [0.2, 0.25) is 0 Å². The van der Waals surface area contributed by atoms with Crippen molar-refractivity contribution < 1.29 is 0 Å². The zero-order valence-corrected chi connectivity index (χ0v) is 11.1. The number of aromatic amines is 1. The Morgan fingerprint density at radius 3 is 2.83 bits per heavy atom. The van der Waals surface area contributed by atoms with Crippen molar-refractivity contribution in [1.29, 1.82) is 0 Å². The fraction of sp³-hybridized carbons (Fsp3) is 0.417. The minimum absolute atomic E-state index is 0.142. The fourth-order valence-corrected chi connectivity index (χ4v) is 3.03. The van der Waals surface area contributed by atoms with Crippen LogP contribution < -0.4 is 11.0 Å². The molecule has 6 heteroatoms. The Labute approximate surface area is 107 Å². The lowest BCUT2D eigenvalue weighted by Crippen LogP contribution is -2.27. The lowest BCUT2D eigenvalue weighted by molar-refractivity contribution is 0.723. The third-order valence-electron chi connectivity index (χ3n) is 3.42. The molecule has 1 aliphatic carbocycles. The standard InChI is InChI=1S/C12H13N3O2S/c1-15-11(17)8-9(16)6-4-3-5-7(6)13-10(8)14-12(15)18-2/h3-5H2,1-2H3,(H,13,16). The van der Waals surface area contributed by atoms with Crippen LogP contribution in [0.3, 0.4) is 0 Å². The first-order chi connectivity index (χ1) is 8.63. The van der Waals surface area contributed by atoms with Gasteiger partial charge in [-0.15, -0.1) is 0 Å². The van der Waals surface area contributed by atoms with E-state index in [1.807, 2.05) is 6.26 Å². The highest BCUT2D eigenvalue weighted by Gasteiger charge is 2.20. The van der Waals surface area contributed by atoms with Crippen molar-refractivity contribution in [3.8, 4) is 0 Å². The average Bonchev–Trinajstić information content (AvgIpc) is 2.82. The van der Waals surface area contributed by atoms with Crippen LogP contribution in [0.1, 0.15) is 17.7 Å². The molecule has 0 spiro atoms. The van der Waals surface area contributed by atoms with Crippen molar-refractivity contribution in [3.63, 3.8) is 0 Å². The molecule has 0 saturated carbocycles. The predicted molar refractivity (Wildman–Crippen MR) is 71.4 cm³/mol. The highest BCUT2D eigenvalue weighted by atomic mass is 32.2. The van der Waals surface area contributed by atoms with Crippen LogP contribution in [-0.2, 0) is 19.9 Å². The highest BCUT2D eigenvalue weighted by Crippen LogP contribution is 2.19. The molecule has 0 aromatic carbocycles. The summed E-state index contributed by atoms with van der Waals surface area (Å²) in [5, 5.41) is 0.803. The van der Waals surface area contributed by atoms with Gasteiger partial charge in [-0.3, -0.25) is 14.2 Å². The van der Waals surface area contributed by atoms with Gasteiger partial charge in [0.05, 0.1) is 0 Å². The Bertz CT molecular complexity index is 750. The first-order valence-electron chi connectivity index (χ1n) is 5.82. The summed E-state index contributed by atoms with van der Waals surface area (Å²) >= 11 is 1.39. The van der Waals surface area contributed by atoms with E-state index in [4.69, 9.17) is 0 Å². The van der Waals surface area contributed by atoms with Gasteiger partial charge < -0.3 is 4.98 Å². The van der Waals surface area contributed by atoms with E-state index in [9.17, 15) is 9.59 Å². The highest BCUT2D eigenvalue weighted by molar-refractivity contribution is 7.98. The average molecular weight is 263 g/mol. The second-order valence-corrected chi connectivity index (χ2v) is 5.22. The molecule has 18 heavy (non-hydrogen) atoms. The topological polar surface area (TPSA) is 67.8 Å². The molecular weight excluding hydrogens is 250 g/mol. The number of nitrogens with zero attached hydrogens (tertiary/aromatic N) is 2. The summed E-state index contributed by atoms with van der Waals surface area (Å²) in [4.78, 5) is 32.0. The normalized spacial score (nSPS) is 14.1. The van der Waals surface area contributed by atoms with E-state index in [0.717, 1.165) is 30.5 Å². The van der Waals surface area contributed by atoms with Crippen molar-refractivity contribution in [2.75, 3.05) is 6.26 Å². The summed E-state index contributed by atoms with van der Waals surface area (Å²) in [5.74, 6) is 0. The molecule has 0 radical (unpaired) electrons. The maximum absolute atomic E-state index is 12.3. The van der Waals surface area contributed by atoms with E-state index in [0.29, 0.717) is 10.8 Å². The van der Waals surface area contributed by atoms with Crippen molar-refractivity contribution in [2.24, 2.45) is 7.05 Å². The molecule has 0 unspecified atom stereocenters. The molecule has 5 nitrogen and oxygen atoms in total. The Morgan fingerprint density at radius 2 is 2.11 bits per heavy atom. The summed E-state index contributed by atoms with van der Waals surface area (Å²) in [7, 11) is 1.65. The zero-order valence-electron chi connectivity index (χ0n) is 10.2. The molecule has 1 N–H and O–H groups in total. The monoisotopic (exact) mass is 263 g/mol. The number of rotatable bonds is 1. The molecular formula is C12H13N3O2S. The molecule has 2 heterocycles. The third-order valence-corrected chi connectivity index (χ3v) is 4.15. The van der Waals surface area contributed by atoms with Gasteiger partial charge in [0.25, 0.3) is 5.56 Å². The Morgan fingerprint density at radius 1 is 1.33 bits per heavy atom. The smallest absolute Gasteiger partial charge is 0.267 e. The van der Waals surface area contributed by atoms with Gasteiger partial charge in [-0.2, -0.15) is 0 Å². The van der Waals surface area contributed by atoms with Crippen molar-refractivity contribution in [1.82, 2.24) is 14.5 Å². The molecule has 3 rings (SSSR count). The van der Waals surface area contributed by atoms with Gasteiger partial charge in [-0.25, -0.2) is 4.98 Å². The number of thioether (sulfide) groups is 1. The summed E-state index contributed by atoms with van der Waals surface area (Å²) in [6.07, 6.45) is 4.45. The van der Waals surface area contributed by atoms with Crippen LogP contribution in [0, 0.1) is 0 Å². The first-order valence-corrected chi connectivity index (χ1v) is 7.04. The lowest BCUT2D eigenvalue weighted by atomic mass is 10.2. The van der Waals surface area contributed by atoms with E-state index >= 15 is 0 Å². The Hall–Kier alpha value is -1.56. The van der Waals surface area contributed by atoms with Crippen LogP contribution in [0.15, 0.2) is 14.7 Å². The predicted octanol–water partition coefficient (Wildman–Crippen LogP) is 0.832. The van der Waals surface area contributed by atoms with E-state index < -0.39 is 0 Å². The summed E-state index contributed by atoms with van der Waals surface area (Å²) in [5.41, 5.74) is 1.73. The molecule has 2 aromatic heterocycles. The minimum Gasteiger partial charge on any atom is -0.343 e. The van der Waals surface area contributed by atoms with Crippen LogP contribution in [0.25, 0.3) is 11.0 Å². The maximum atomic E-state index is 12.3. The minimum atomic E-state index is -0.264. The number of H-pyrrole nitrogens is 1. The summed E-state index contributed by atoms with van der Waals surface area (Å²) in [6.45, 7) is 0. The second kappa shape index (κ2) is 3.98. The number of fused-ring (bicyclic) bond motifs is 2. The van der Waals surface area contributed by atoms with Crippen LogP contribution in [-0.4, -0.2) is 20.8 Å². The van der Waals surface area contributed by atoms with Gasteiger partial charge in [0, 0.05) is 18.3 Å². The van der Waals surface area contributed by atoms with Gasteiger partial charge in [-0.1, -0.05) is 11.8 Å².